The Kier molecular flexibility index (Phi) is 4.95. The number of pyridine rings is 1. The average Bonchev–Trinajstić information content (AvgIpc) is 2.99. The second kappa shape index (κ2) is 7.31. The van der Waals surface area contributed by atoms with Crippen molar-refractivity contribution < 1.29 is 4.79 Å². The number of carbonyl (C=O) groups excluding carboxylic acids is 1. The number of thioether (sulfide) groups is 1. The molecular weight excluding hydrogens is 324 g/mol. The van der Waals surface area contributed by atoms with E-state index >= 15 is 0 Å². The van der Waals surface area contributed by atoms with E-state index in [1.165, 1.54) is 11.8 Å². The van der Waals surface area contributed by atoms with Gasteiger partial charge in [-0.05, 0) is 37.4 Å². The summed E-state index contributed by atoms with van der Waals surface area (Å²) in [4.78, 5) is 16.8. The molecule has 0 saturated carbocycles. The van der Waals surface area contributed by atoms with E-state index in [1.807, 2.05) is 54.1 Å². The van der Waals surface area contributed by atoms with E-state index in [2.05, 4.69) is 25.8 Å². The predicted octanol–water partition coefficient (Wildman–Crippen LogP) is 2.00. The summed E-state index contributed by atoms with van der Waals surface area (Å²) in [6.45, 7) is 2.91. The predicted molar refractivity (Wildman–Crippen MR) is 94.6 cm³/mol. The third-order valence-electron chi connectivity index (χ3n) is 3.43. The fourth-order valence-electron chi connectivity index (χ4n) is 2.26. The van der Waals surface area contributed by atoms with Crippen LogP contribution in [0.4, 0.5) is 5.82 Å². The molecule has 0 spiro atoms. The Morgan fingerprint density at radius 3 is 2.83 bits per heavy atom. The molecule has 0 aliphatic carbocycles. The highest BCUT2D eigenvalue weighted by atomic mass is 32.2. The summed E-state index contributed by atoms with van der Waals surface area (Å²) in [6.07, 6.45) is 3.85. The molecule has 3 heterocycles. The number of amides is 1. The minimum Gasteiger partial charge on any atom is -0.367 e. The van der Waals surface area contributed by atoms with Gasteiger partial charge < -0.3 is 10.6 Å². The van der Waals surface area contributed by atoms with Gasteiger partial charge in [-0.1, -0.05) is 17.8 Å². The van der Waals surface area contributed by atoms with Gasteiger partial charge >= 0.3 is 0 Å². The lowest BCUT2D eigenvalue weighted by Crippen LogP contribution is -2.29. The molecule has 0 aliphatic rings. The number of hydrogen-bond acceptors (Lipinski definition) is 6. The van der Waals surface area contributed by atoms with Crippen LogP contribution in [0.25, 0.3) is 5.52 Å². The largest absolute Gasteiger partial charge is 0.367 e. The smallest absolute Gasteiger partial charge is 0.272 e. The van der Waals surface area contributed by atoms with Gasteiger partial charge in [-0.25, -0.2) is 4.98 Å². The molecular formula is C16H18N6OS. The first-order chi connectivity index (χ1) is 11.7. The topological polar surface area (TPSA) is 84.2 Å². The summed E-state index contributed by atoms with van der Waals surface area (Å²) in [6, 6.07) is 9.45. The Bertz CT molecular complexity index is 845. The molecule has 0 atom stereocenters. The quantitative estimate of drug-likeness (QED) is 0.526. The van der Waals surface area contributed by atoms with Gasteiger partial charge in [0.1, 0.15) is 5.82 Å². The SMILES string of the molecule is CSc1nc(C(=O)NCCNc2ccc(C)nn2)c2ccccn12. The Morgan fingerprint density at radius 1 is 1.21 bits per heavy atom. The van der Waals surface area contributed by atoms with E-state index in [9.17, 15) is 4.79 Å². The van der Waals surface area contributed by atoms with Crippen LogP contribution < -0.4 is 10.6 Å². The number of anilines is 1. The highest BCUT2D eigenvalue weighted by Crippen LogP contribution is 2.19. The molecule has 3 aromatic heterocycles. The minimum absolute atomic E-state index is 0.184. The lowest BCUT2D eigenvalue weighted by Gasteiger charge is -2.06. The zero-order valence-corrected chi connectivity index (χ0v) is 14.3. The van der Waals surface area contributed by atoms with E-state index in [1.54, 1.807) is 0 Å². The van der Waals surface area contributed by atoms with Crippen molar-refractivity contribution in [3.63, 3.8) is 0 Å². The fraction of sp³-hybridized carbons (Fsp3) is 0.250. The molecule has 8 heteroatoms. The van der Waals surface area contributed by atoms with Gasteiger partial charge in [0, 0.05) is 19.3 Å². The van der Waals surface area contributed by atoms with Crippen molar-refractivity contribution in [1.29, 1.82) is 0 Å². The highest BCUT2D eigenvalue weighted by Gasteiger charge is 2.16. The minimum atomic E-state index is -0.184. The number of nitrogens with one attached hydrogen (secondary N) is 2. The third-order valence-corrected chi connectivity index (χ3v) is 4.08. The summed E-state index contributed by atoms with van der Waals surface area (Å²) < 4.78 is 1.92. The maximum atomic E-state index is 12.4. The number of rotatable bonds is 6. The summed E-state index contributed by atoms with van der Waals surface area (Å²) in [7, 11) is 0. The van der Waals surface area contributed by atoms with E-state index in [-0.39, 0.29) is 5.91 Å². The molecule has 124 valence electrons. The molecule has 0 radical (unpaired) electrons. The standard InChI is InChI=1S/C16H18N6OS/c1-11-6-7-13(21-20-11)17-8-9-18-15(23)14-12-5-3-4-10-22(12)16(19-14)24-2/h3-7,10H,8-9H2,1-2H3,(H,17,21)(H,18,23). The van der Waals surface area contributed by atoms with Crippen molar-refractivity contribution in [3.8, 4) is 0 Å². The van der Waals surface area contributed by atoms with Gasteiger partial charge in [0.25, 0.3) is 5.91 Å². The molecule has 0 aliphatic heterocycles. The molecule has 2 N–H and O–H groups in total. The van der Waals surface area contributed by atoms with Crippen LogP contribution in [0, 0.1) is 6.92 Å². The van der Waals surface area contributed by atoms with Crippen molar-refractivity contribution in [3.05, 3.63) is 47.9 Å². The van der Waals surface area contributed by atoms with Gasteiger partial charge in [0.05, 0.1) is 11.2 Å². The molecule has 0 unspecified atom stereocenters. The number of imidazole rings is 1. The third kappa shape index (κ3) is 3.48. The fourth-order valence-corrected chi connectivity index (χ4v) is 2.80. The van der Waals surface area contributed by atoms with Gasteiger partial charge in [0.2, 0.25) is 0 Å². The molecule has 1 amide bonds. The first-order valence-electron chi connectivity index (χ1n) is 7.52. The van der Waals surface area contributed by atoms with Gasteiger partial charge in [-0.2, -0.15) is 5.10 Å². The van der Waals surface area contributed by atoms with Crippen molar-refractivity contribution in [1.82, 2.24) is 24.9 Å². The Labute approximate surface area is 143 Å². The molecule has 3 rings (SSSR count). The Hall–Kier alpha value is -2.61. The summed E-state index contributed by atoms with van der Waals surface area (Å²) in [5.41, 5.74) is 2.11. The Balaban J connectivity index is 1.60. The van der Waals surface area contributed by atoms with Crippen LogP contribution in [0.15, 0.2) is 41.7 Å². The number of aromatic nitrogens is 4. The van der Waals surface area contributed by atoms with Crippen LogP contribution in [0.2, 0.25) is 0 Å². The van der Waals surface area contributed by atoms with Crippen LogP contribution in [-0.4, -0.2) is 44.8 Å². The molecule has 0 bridgehead atoms. The van der Waals surface area contributed by atoms with Crippen molar-refractivity contribution in [2.45, 2.75) is 12.1 Å². The first kappa shape index (κ1) is 16.3. The molecule has 0 saturated heterocycles. The zero-order valence-electron chi connectivity index (χ0n) is 13.5. The molecule has 0 aromatic carbocycles. The first-order valence-corrected chi connectivity index (χ1v) is 8.75. The lowest BCUT2D eigenvalue weighted by molar-refractivity contribution is 0.0952. The maximum Gasteiger partial charge on any atom is 0.272 e. The molecule has 0 fully saturated rings. The Morgan fingerprint density at radius 2 is 2.08 bits per heavy atom. The van der Waals surface area contributed by atoms with Crippen molar-refractivity contribution in [2.24, 2.45) is 0 Å². The van der Waals surface area contributed by atoms with Gasteiger partial charge in [-0.15, -0.1) is 5.10 Å². The zero-order chi connectivity index (χ0) is 16.9. The second-order valence-electron chi connectivity index (χ2n) is 5.15. The monoisotopic (exact) mass is 342 g/mol. The van der Waals surface area contributed by atoms with Crippen LogP contribution in [0.3, 0.4) is 0 Å². The highest BCUT2D eigenvalue weighted by molar-refractivity contribution is 7.98. The number of nitrogens with zero attached hydrogens (tertiary/aromatic N) is 4. The number of fused-ring (bicyclic) bond motifs is 1. The summed E-state index contributed by atoms with van der Waals surface area (Å²) in [5, 5.41) is 14.8. The van der Waals surface area contributed by atoms with E-state index < -0.39 is 0 Å². The molecule has 24 heavy (non-hydrogen) atoms. The van der Waals surface area contributed by atoms with Crippen LogP contribution in [0.1, 0.15) is 16.2 Å². The molecule has 7 nitrogen and oxygen atoms in total. The second-order valence-corrected chi connectivity index (χ2v) is 5.92. The van der Waals surface area contributed by atoms with Gasteiger partial charge in [0.15, 0.2) is 10.9 Å². The molecule has 3 aromatic rings. The normalized spacial score (nSPS) is 10.8. The van der Waals surface area contributed by atoms with E-state index in [4.69, 9.17) is 0 Å². The van der Waals surface area contributed by atoms with E-state index in [0.717, 1.165) is 16.4 Å². The van der Waals surface area contributed by atoms with Crippen molar-refractivity contribution >= 4 is 29.0 Å². The summed E-state index contributed by atoms with van der Waals surface area (Å²) in [5.74, 6) is 0.503. The number of aryl methyl sites for hydroxylation is 1. The number of hydrogen-bond donors (Lipinski definition) is 2. The van der Waals surface area contributed by atoms with E-state index in [0.29, 0.717) is 24.6 Å². The van der Waals surface area contributed by atoms with Gasteiger partial charge in [-0.3, -0.25) is 9.20 Å². The van der Waals surface area contributed by atoms with Crippen LogP contribution in [-0.2, 0) is 0 Å². The average molecular weight is 342 g/mol. The lowest BCUT2D eigenvalue weighted by atomic mass is 10.3. The summed E-state index contributed by atoms with van der Waals surface area (Å²) >= 11 is 1.51. The van der Waals surface area contributed by atoms with Crippen LogP contribution in [0.5, 0.6) is 0 Å². The maximum absolute atomic E-state index is 12.4. The number of carbonyl (C=O) groups is 1. The van der Waals surface area contributed by atoms with Crippen LogP contribution >= 0.6 is 11.8 Å². The van der Waals surface area contributed by atoms with Crippen molar-refractivity contribution in [2.75, 3.05) is 24.7 Å².